The van der Waals surface area contributed by atoms with Gasteiger partial charge < -0.3 is 10.0 Å². The number of carbonyl (C=O) groups is 2. The topological polar surface area (TPSA) is 101 Å². The molecule has 0 radical (unpaired) electrons. The first-order valence-electron chi connectivity index (χ1n) is 5.60. The summed E-state index contributed by atoms with van der Waals surface area (Å²) in [6.07, 6.45) is -0.271. The van der Waals surface area contributed by atoms with Crippen molar-refractivity contribution >= 4 is 17.6 Å². The third-order valence-corrected chi connectivity index (χ3v) is 2.62. The number of rotatable bonds is 6. The van der Waals surface area contributed by atoms with Gasteiger partial charge in [-0.15, -0.1) is 0 Å². The van der Waals surface area contributed by atoms with Crippen LogP contribution in [0.4, 0.5) is 5.69 Å². The molecule has 0 saturated carbocycles. The maximum atomic E-state index is 11.8. The van der Waals surface area contributed by atoms with Crippen LogP contribution in [0, 0.1) is 10.1 Å². The van der Waals surface area contributed by atoms with Crippen LogP contribution < -0.4 is 0 Å². The monoisotopic (exact) mass is 266 g/mol. The van der Waals surface area contributed by atoms with E-state index in [4.69, 9.17) is 5.11 Å². The molecule has 0 spiro atoms. The number of aliphatic carboxylic acids is 1. The molecule has 0 unspecified atom stereocenters. The summed E-state index contributed by atoms with van der Waals surface area (Å²) in [5.74, 6) is -1.35. The van der Waals surface area contributed by atoms with Gasteiger partial charge in [0, 0.05) is 25.2 Å². The number of nitro groups is 1. The molecule has 102 valence electrons. The van der Waals surface area contributed by atoms with Crippen LogP contribution in [0.5, 0.6) is 0 Å². The molecule has 7 heteroatoms. The lowest BCUT2D eigenvalue weighted by Crippen LogP contribution is -2.30. The fraction of sp³-hybridized carbons (Fsp3) is 0.333. The number of nitrogens with zero attached hydrogens (tertiary/aromatic N) is 2. The summed E-state index contributed by atoms with van der Waals surface area (Å²) in [5, 5.41) is 19.3. The van der Waals surface area contributed by atoms with Gasteiger partial charge in [0.1, 0.15) is 0 Å². The van der Waals surface area contributed by atoms with Crippen LogP contribution in [0.25, 0.3) is 0 Å². The van der Waals surface area contributed by atoms with Gasteiger partial charge in [0.2, 0.25) is 5.91 Å². The molecule has 0 aliphatic heterocycles. The summed E-state index contributed by atoms with van der Waals surface area (Å²) in [5.41, 5.74) is 0.210. The Kier molecular flexibility index (Phi) is 4.99. The number of benzene rings is 1. The van der Waals surface area contributed by atoms with Crippen molar-refractivity contribution in [2.75, 3.05) is 13.6 Å². The standard InChI is InChI=1S/C12H14N2O5/c1-13(7-6-12(16)17)11(15)8-9-4-2-3-5-10(9)14(18)19/h2-5H,6-8H2,1H3,(H,16,17). The van der Waals surface area contributed by atoms with Crippen molar-refractivity contribution in [3.8, 4) is 0 Å². The summed E-state index contributed by atoms with van der Waals surface area (Å²) in [4.78, 5) is 33.7. The van der Waals surface area contributed by atoms with Crippen molar-refractivity contribution in [1.29, 1.82) is 0 Å². The van der Waals surface area contributed by atoms with Crippen LogP contribution in [0.3, 0.4) is 0 Å². The molecule has 1 N–H and O–H groups in total. The minimum atomic E-state index is -0.995. The highest BCUT2D eigenvalue weighted by molar-refractivity contribution is 5.80. The van der Waals surface area contributed by atoms with Gasteiger partial charge in [0.05, 0.1) is 17.8 Å². The summed E-state index contributed by atoms with van der Waals surface area (Å²) >= 11 is 0. The van der Waals surface area contributed by atoms with E-state index in [1.807, 2.05) is 0 Å². The molecule has 19 heavy (non-hydrogen) atoms. The van der Waals surface area contributed by atoms with Crippen LogP contribution >= 0.6 is 0 Å². The first-order valence-corrected chi connectivity index (χ1v) is 5.60. The second kappa shape index (κ2) is 6.48. The van der Waals surface area contributed by atoms with E-state index in [0.29, 0.717) is 5.56 Å². The van der Waals surface area contributed by atoms with E-state index in [1.54, 1.807) is 6.07 Å². The number of nitro benzene ring substituents is 1. The van der Waals surface area contributed by atoms with E-state index >= 15 is 0 Å². The van der Waals surface area contributed by atoms with Crippen LogP contribution in [0.1, 0.15) is 12.0 Å². The SMILES string of the molecule is CN(CCC(=O)O)C(=O)Cc1ccccc1[N+](=O)[O-]. The molecule has 0 aromatic heterocycles. The predicted octanol–water partition coefficient (Wildman–Crippen LogP) is 1.07. The Bertz CT molecular complexity index is 501. The Morgan fingerprint density at radius 1 is 1.37 bits per heavy atom. The van der Waals surface area contributed by atoms with Gasteiger partial charge in [0.15, 0.2) is 0 Å². The molecule has 0 heterocycles. The Labute approximate surface area is 109 Å². The van der Waals surface area contributed by atoms with Gasteiger partial charge in [-0.05, 0) is 0 Å². The minimum absolute atomic E-state index is 0.0782. The zero-order valence-electron chi connectivity index (χ0n) is 10.4. The van der Waals surface area contributed by atoms with Crippen LogP contribution in [0.15, 0.2) is 24.3 Å². The third-order valence-electron chi connectivity index (χ3n) is 2.62. The molecule has 1 aromatic rings. The molecule has 1 aromatic carbocycles. The highest BCUT2D eigenvalue weighted by Gasteiger charge is 2.17. The number of carbonyl (C=O) groups excluding carboxylic acids is 1. The Morgan fingerprint density at radius 3 is 2.58 bits per heavy atom. The predicted molar refractivity (Wildman–Crippen MR) is 66.7 cm³/mol. The lowest BCUT2D eigenvalue weighted by molar-refractivity contribution is -0.385. The van der Waals surface area contributed by atoms with Crippen LogP contribution in [-0.4, -0.2) is 40.4 Å². The summed E-state index contributed by atoms with van der Waals surface area (Å²) in [6.45, 7) is 0.0782. The summed E-state index contributed by atoms with van der Waals surface area (Å²) in [6, 6.07) is 5.99. The first kappa shape index (κ1) is 14.6. The Balaban J connectivity index is 2.71. The molecule has 7 nitrogen and oxygen atoms in total. The normalized spacial score (nSPS) is 9.95. The van der Waals surface area contributed by atoms with Gasteiger partial charge in [-0.1, -0.05) is 18.2 Å². The van der Waals surface area contributed by atoms with Crippen molar-refractivity contribution in [3.05, 3.63) is 39.9 Å². The molecule has 0 bridgehead atoms. The lowest BCUT2D eigenvalue weighted by atomic mass is 10.1. The second-order valence-electron chi connectivity index (χ2n) is 4.02. The van der Waals surface area contributed by atoms with Crippen molar-refractivity contribution in [1.82, 2.24) is 4.90 Å². The van der Waals surface area contributed by atoms with Gasteiger partial charge in [-0.3, -0.25) is 19.7 Å². The number of para-hydroxylation sites is 1. The number of hydrogen-bond donors (Lipinski definition) is 1. The summed E-state index contributed by atoms with van der Waals surface area (Å²) in [7, 11) is 1.47. The van der Waals surface area contributed by atoms with E-state index in [-0.39, 0.29) is 31.0 Å². The molecule has 0 aliphatic rings. The maximum absolute atomic E-state index is 11.8. The molecule has 0 fully saturated rings. The van der Waals surface area contributed by atoms with Crippen molar-refractivity contribution in [2.24, 2.45) is 0 Å². The number of carboxylic acid groups (broad SMARTS) is 1. The molecule has 1 amide bonds. The van der Waals surface area contributed by atoms with E-state index in [1.165, 1.54) is 30.1 Å². The quantitative estimate of drug-likeness (QED) is 0.613. The largest absolute Gasteiger partial charge is 0.481 e. The number of likely N-dealkylation sites (N-methyl/N-ethyl adjacent to an activating group) is 1. The summed E-state index contributed by atoms with van der Waals surface area (Å²) < 4.78 is 0. The highest BCUT2D eigenvalue weighted by atomic mass is 16.6. The van der Waals surface area contributed by atoms with E-state index < -0.39 is 10.9 Å². The van der Waals surface area contributed by atoms with Crippen LogP contribution in [-0.2, 0) is 16.0 Å². The minimum Gasteiger partial charge on any atom is -0.481 e. The van der Waals surface area contributed by atoms with Gasteiger partial charge in [-0.2, -0.15) is 0 Å². The fourth-order valence-corrected chi connectivity index (χ4v) is 1.52. The Hall–Kier alpha value is -2.44. The van der Waals surface area contributed by atoms with Crippen LogP contribution in [0.2, 0.25) is 0 Å². The zero-order valence-corrected chi connectivity index (χ0v) is 10.4. The average molecular weight is 266 g/mol. The highest BCUT2D eigenvalue weighted by Crippen LogP contribution is 2.18. The molecular formula is C12H14N2O5. The van der Waals surface area contributed by atoms with E-state index in [9.17, 15) is 19.7 Å². The van der Waals surface area contributed by atoms with Crippen molar-refractivity contribution in [3.63, 3.8) is 0 Å². The van der Waals surface area contributed by atoms with Gasteiger partial charge in [-0.25, -0.2) is 0 Å². The molecule has 0 atom stereocenters. The zero-order chi connectivity index (χ0) is 14.4. The van der Waals surface area contributed by atoms with E-state index in [2.05, 4.69) is 0 Å². The molecule has 1 rings (SSSR count). The van der Waals surface area contributed by atoms with Gasteiger partial charge >= 0.3 is 5.97 Å². The molecule has 0 saturated heterocycles. The molecular weight excluding hydrogens is 252 g/mol. The molecule has 0 aliphatic carbocycles. The van der Waals surface area contributed by atoms with E-state index in [0.717, 1.165) is 0 Å². The number of hydrogen-bond acceptors (Lipinski definition) is 4. The van der Waals surface area contributed by atoms with Crippen molar-refractivity contribution in [2.45, 2.75) is 12.8 Å². The smallest absolute Gasteiger partial charge is 0.305 e. The Morgan fingerprint density at radius 2 is 2.00 bits per heavy atom. The second-order valence-corrected chi connectivity index (χ2v) is 4.02. The first-order chi connectivity index (χ1) is 8.91. The number of carboxylic acids is 1. The third kappa shape index (κ3) is 4.38. The lowest BCUT2D eigenvalue weighted by Gasteiger charge is -2.15. The number of amides is 1. The van der Waals surface area contributed by atoms with Crippen molar-refractivity contribution < 1.29 is 19.6 Å². The maximum Gasteiger partial charge on any atom is 0.305 e. The average Bonchev–Trinajstić information content (AvgIpc) is 2.36. The fourth-order valence-electron chi connectivity index (χ4n) is 1.52. The van der Waals surface area contributed by atoms with Gasteiger partial charge in [0.25, 0.3) is 5.69 Å².